The standard InChI is InChI=1S/C16H20FN3/c1-10-5-13(9-20(10)14-3-4-14)19-16-7-12(8-18)6-15(17)11(16)2/h6-7,10,13-14,19H,3-5,9H2,1-2H3. The van der Waals surface area contributed by atoms with Gasteiger partial charge in [0.25, 0.3) is 0 Å². The molecule has 1 aliphatic carbocycles. The molecule has 1 aromatic rings. The maximum Gasteiger partial charge on any atom is 0.129 e. The molecular weight excluding hydrogens is 253 g/mol. The van der Waals surface area contributed by atoms with E-state index in [-0.39, 0.29) is 5.82 Å². The van der Waals surface area contributed by atoms with E-state index in [4.69, 9.17) is 5.26 Å². The largest absolute Gasteiger partial charge is 0.381 e. The molecule has 1 aliphatic heterocycles. The van der Waals surface area contributed by atoms with Gasteiger partial charge >= 0.3 is 0 Å². The third-order valence-corrected chi connectivity index (χ3v) is 4.47. The average molecular weight is 273 g/mol. The summed E-state index contributed by atoms with van der Waals surface area (Å²) in [4.78, 5) is 2.55. The second-order valence-corrected chi connectivity index (χ2v) is 6.10. The van der Waals surface area contributed by atoms with Gasteiger partial charge in [-0.15, -0.1) is 0 Å². The van der Waals surface area contributed by atoms with E-state index in [1.165, 1.54) is 18.9 Å². The molecule has 0 radical (unpaired) electrons. The van der Waals surface area contributed by atoms with Crippen molar-refractivity contribution in [3.05, 3.63) is 29.1 Å². The molecule has 2 fully saturated rings. The van der Waals surface area contributed by atoms with E-state index in [9.17, 15) is 4.39 Å². The summed E-state index contributed by atoms with van der Waals surface area (Å²) in [6.45, 7) is 5.04. The van der Waals surface area contributed by atoms with Crippen molar-refractivity contribution in [2.24, 2.45) is 0 Å². The lowest BCUT2D eigenvalue weighted by Gasteiger charge is -2.20. The normalized spacial score (nSPS) is 26.5. The Bertz CT molecular complexity index is 560. The quantitative estimate of drug-likeness (QED) is 0.920. The summed E-state index contributed by atoms with van der Waals surface area (Å²) in [6, 6.07) is 6.76. The lowest BCUT2D eigenvalue weighted by Crippen LogP contribution is -2.31. The maximum atomic E-state index is 13.8. The second-order valence-electron chi connectivity index (χ2n) is 6.10. The fourth-order valence-electron chi connectivity index (χ4n) is 3.19. The van der Waals surface area contributed by atoms with Crippen molar-refractivity contribution < 1.29 is 4.39 Å². The van der Waals surface area contributed by atoms with E-state index < -0.39 is 0 Å². The van der Waals surface area contributed by atoms with Crippen molar-refractivity contribution in [2.45, 2.75) is 51.2 Å². The van der Waals surface area contributed by atoms with Gasteiger partial charge in [0.1, 0.15) is 5.82 Å². The molecule has 3 rings (SSSR count). The monoisotopic (exact) mass is 273 g/mol. The number of rotatable bonds is 3. The lowest BCUT2D eigenvalue weighted by molar-refractivity contribution is 0.257. The minimum absolute atomic E-state index is 0.309. The third kappa shape index (κ3) is 2.51. The Balaban J connectivity index is 1.75. The highest BCUT2D eigenvalue weighted by molar-refractivity contribution is 5.56. The molecule has 1 aromatic carbocycles. The van der Waals surface area contributed by atoms with Crippen LogP contribution in [0.1, 0.15) is 37.3 Å². The summed E-state index contributed by atoms with van der Waals surface area (Å²) in [5.41, 5.74) is 1.73. The fourth-order valence-corrected chi connectivity index (χ4v) is 3.19. The molecule has 0 amide bonds. The number of nitrogens with zero attached hydrogens (tertiary/aromatic N) is 2. The first-order chi connectivity index (χ1) is 9.58. The van der Waals surface area contributed by atoms with Crippen molar-refractivity contribution in [1.82, 2.24) is 4.90 Å². The number of nitrogens with one attached hydrogen (secondary N) is 1. The molecule has 4 heteroatoms. The van der Waals surface area contributed by atoms with Gasteiger partial charge in [0, 0.05) is 35.9 Å². The predicted molar refractivity (Wildman–Crippen MR) is 77.1 cm³/mol. The molecule has 0 bridgehead atoms. The summed E-state index contributed by atoms with van der Waals surface area (Å²) in [6.07, 6.45) is 3.71. The zero-order chi connectivity index (χ0) is 14.3. The average Bonchev–Trinajstić information content (AvgIpc) is 3.19. The number of benzene rings is 1. The van der Waals surface area contributed by atoms with Gasteiger partial charge in [-0.25, -0.2) is 4.39 Å². The SMILES string of the molecule is Cc1c(F)cc(C#N)cc1NC1CC(C)N(C2CC2)C1. The van der Waals surface area contributed by atoms with Crippen LogP contribution >= 0.6 is 0 Å². The molecule has 2 unspecified atom stereocenters. The molecule has 2 aliphatic rings. The van der Waals surface area contributed by atoms with Gasteiger partial charge in [0.05, 0.1) is 11.6 Å². The smallest absolute Gasteiger partial charge is 0.129 e. The van der Waals surface area contributed by atoms with Crippen LogP contribution in [0.4, 0.5) is 10.1 Å². The Kier molecular flexibility index (Phi) is 3.39. The first-order valence-corrected chi connectivity index (χ1v) is 7.31. The minimum Gasteiger partial charge on any atom is -0.381 e. The van der Waals surface area contributed by atoms with Gasteiger partial charge in [-0.05, 0) is 45.2 Å². The molecule has 3 nitrogen and oxygen atoms in total. The zero-order valence-electron chi connectivity index (χ0n) is 12.0. The topological polar surface area (TPSA) is 39.1 Å². The van der Waals surface area contributed by atoms with E-state index in [1.807, 2.05) is 6.07 Å². The van der Waals surface area contributed by atoms with Crippen LogP contribution in [0.2, 0.25) is 0 Å². The van der Waals surface area contributed by atoms with Gasteiger partial charge in [-0.3, -0.25) is 4.90 Å². The highest BCUT2D eigenvalue weighted by atomic mass is 19.1. The summed E-state index contributed by atoms with van der Waals surface area (Å²) < 4.78 is 13.8. The first kappa shape index (κ1) is 13.4. The van der Waals surface area contributed by atoms with Gasteiger partial charge in [-0.2, -0.15) is 5.26 Å². The highest BCUT2D eigenvalue weighted by Crippen LogP contribution is 2.34. The van der Waals surface area contributed by atoms with Crippen LogP contribution in [0.3, 0.4) is 0 Å². The lowest BCUT2D eigenvalue weighted by atomic mass is 10.1. The van der Waals surface area contributed by atoms with Gasteiger partial charge in [0.15, 0.2) is 0 Å². The number of nitriles is 1. The molecule has 2 atom stereocenters. The van der Waals surface area contributed by atoms with Crippen molar-refractivity contribution in [1.29, 1.82) is 5.26 Å². The van der Waals surface area contributed by atoms with Crippen molar-refractivity contribution >= 4 is 5.69 Å². The van der Waals surface area contributed by atoms with Crippen LogP contribution in [0.5, 0.6) is 0 Å². The fraction of sp³-hybridized carbons (Fsp3) is 0.562. The molecule has 0 spiro atoms. The number of hydrogen-bond donors (Lipinski definition) is 1. The van der Waals surface area contributed by atoms with Gasteiger partial charge in [0.2, 0.25) is 0 Å². The number of likely N-dealkylation sites (tertiary alicyclic amines) is 1. The Hall–Kier alpha value is -1.60. The van der Waals surface area contributed by atoms with Crippen molar-refractivity contribution in [3.63, 3.8) is 0 Å². The summed E-state index contributed by atoms with van der Waals surface area (Å²) >= 11 is 0. The second kappa shape index (κ2) is 5.06. The Labute approximate surface area is 119 Å². The third-order valence-electron chi connectivity index (χ3n) is 4.47. The molecule has 1 N–H and O–H groups in total. The van der Waals surface area contributed by atoms with Crippen LogP contribution in [0.15, 0.2) is 12.1 Å². The zero-order valence-corrected chi connectivity index (χ0v) is 12.0. The van der Waals surface area contributed by atoms with Crippen LogP contribution in [0, 0.1) is 24.1 Å². The first-order valence-electron chi connectivity index (χ1n) is 7.31. The Morgan fingerprint density at radius 3 is 2.80 bits per heavy atom. The van der Waals surface area contributed by atoms with Crippen molar-refractivity contribution in [2.75, 3.05) is 11.9 Å². The van der Waals surface area contributed by atoms with E-state index >= 15 is 0 Å². The van der Waals surface area contributed by atoms with E-state index in [2.05, 4.69) is 17.1 Å². The molecule has 1 heterocycles. The highest BCUT2D eigenvalue weighted by Gasteiger charge is 2.38. The maximum absolute atomic E-state index is 13.8. The summed E-state index contributed by atoms with van der Waals surface area (Å²) in [5, 5.41) is 12.4. The number of anilines is 1. The minimum atomic E-state index is -0.309. The van der Waals surface area contributed by atoms with E-state index in [0.717, 1.165) is 24.7 Å². The van der Waals surface area contributed by atoms with Crippen LogP contribution in [-0.4, -0.2) is 29.6 Å². The van der Waals surface area contributed by atoms with Crippen LogP contribution in [-0.2, 0) is 0 Å². The van der Waals surface area contributed by atoms with Crippen LogP contribution < -0.4 is 5.32 Å². The molecular formula is C16H20FN3. The van der Waals surface area contributed by atoms with Gasteiger partial charge in [-0.1, -0.05) is 0 Å². The van der Waals surface area contributed by atoms with Gasteiger partial charge < -0.3 is 5.32 Å². The molecule has 1 saturated carbocycles. The van der Waals surface area contributed by atoms with E-state index in [1.54, 1.807) is 13.0 Å². The Morgan fingerprint density at radius 2 is 2.15 bits per heavy atom. The summed E-state index contributed by atoms with van der Waals surface area (Å²) in [7, 11) is 0. The number of hydrogen-bond acceptors (Lipinski definition) is 3. The van der Waals surface area contributed by atoms with Crippen molar-refractivity contribution in [3.8, 4) is 6.07 Å². The Morgan fingerprint density at radius 1 is 1.40 bits per heavy atom. The van der Waals surface area contributed by atoms with E-state index in [0.29, 0.717) is 23.2 Å². The molecule has 0 aromatic heterocycles. The number of halogens is 1. The molecule has 106 valence electrons. The molecule has 20 heavy (non-hydrogen) atoms. The predicted octanol–water partition coefficient (Wildman–Crippen LogP) is 3.04. The van der Waals surface area contributed by atoms with Crippen LogP contribution in [0.25, 0.3) is 0 Å². The summed E-state index contributed by atoms with van der Waals surface area (Å²) in [5.74, 6) is -0.309. The molecule has 1 saturated heterocycles.